The van der Waals surface area contributed by atoms with Crippen LogP contribution in [0.3, 0.4) is 0 Å². The van der Waals surface area contributed by atoms with E-state index in [0.717, 1.165) is 0 Å². The Kier molecular flexibility index (Phi) is 4.32. The van der Waals surface area contributed by atoms with Gasteiger partial charge in [-0.1, -0.05) is 18.2 Å². The molecule has 1 aromatic rings. The summed E-state index contributed by atoms with van der Waals surface area (Å²) < 4.78 is 32.8. The molecule has 0 N–H and O–H groups in total. The minimum absolute atomic E-state index is 0.0901. The molecule has 21 heavy (non-hydrogen) atoms. The van der Waals surface area contributed by atoms with Gasteiger partial charge in [0.2, 0.25) is 0 Å². The number of carbonyl (C=O) groups excluding carboxylic acids is 1. The van der Waals surface area contributed by atoms with Gasteiger partial charge in [-0.2, -0.15) is 12.8 Å². The number of nitrogens with zero attached hydrogens (tertiary/aromatic N) is 2. The summed E-state index contributed by atoms with van der Waals surface area (Å²) >= 11 is 0. The molecule has 1 aliphatic rings. The van der Waals surface area contributed by atoms with Crippen molar-refractivity contribution < 1.29 is 17.9 Å². The zero-order valence-electron chi connectivity index (χ0n) is 11.6. The molecule has 7 heteroatoms. The van der Waals surface area contributed by atoms with Gasteiger partial charge in [-0.3, -0.25) is 4.99 Å². The molecule has 0 fully saturated rings. The van der Waals surface area contributed by atoms with Crippen LogP contribution in [0.25, 0.3) is 0 Å². The molecule has 0 amide bonds. The maximum Gasteiger partial charge on any atom is 0.339 e. The molecule has 1 aromatic carbocycles. The number of rotatable bonds is 3. The lowest BCUT2D eigenvalue weighted by molar-refractivity contribution is -0.135. The highest BCUT2D eigenvalue weighted by Crippen LogP contribution is 2.15. The van der Waals surface area contributed by atoms with E-state index in [4.69, 9.17) is 0 Å². The van der Waals surface area contributed by atoms with Gasteiger partial charge < -0.3 is 4.74 Å². The van der Waals surface area contributed by atoms with Crippen LogP contribution in [0.5, 0.6) is 0 Å². The Labute approximate surface area is 122 Å². The second kappa shape index (κ2) is 6.01. The van der Waals surface area contributed by atoms with Crippen LogP contribution in [0.15, 0.2) is 56.3 Å². The van der Waals surface area contributed by atoms with Gasteiger partial charge in [-0.15, -0.1) is 0 Å². The van der Waals surface area contributed by atoms with Gasteiger partial charge in [0.25, 0.3) is 10.0 Å². The molecule has 0 bridgehead atoms. The molecule has 0 aliphatic carbocycles. The molecule has 0 radical (unpaired) electrons. The van der Waals surface area contributed by atoms with Gasteiger partial charge in [-0.25, -0.2) is 4.79 Å². The fourth-order valence-corrected chi connectivity index (χ4v) is 2.79. The largest absolute Gasteiger partial charge is 0.465 e. The monoisotopic (exact) mass is 306 g/mol. The third kappa shape index (κ3) is 3.43. The molecule has 0 aromatic heterocycles. The molecule has 6 nitrogen and oxygen atoms in total. The van der Waals surface area contributed by atoms with Gasteiger partial charge in [0.05, 0.1) is 29.3 Å². The number of aliphatic imine (C=N–C) groups is 1. The zero-order valence-corrected chi connectivity index (χ0v) is 12.4. The minimum Gasteiger partial charge on any atom is -0.465 e. The van der Waals surface area contributed by atoms with Gasteiger partial charge in [0, 0.05) is 6.21 Å². The minimum atomic E-state index is -3.83. The van der Waals surface area contributed by atoms with E-state index in [1.165, 1.54) is 31.5 Å². The Bertz CT molecular complexity index is 733. The maximum atomic E-state index is 12.2. The molecule has 110 valence electrons. The topological polar surface area (TPSA) is 85.2 Å². The number of esters is 1. The summed E-state index contributed by atoms with van der Waals surface area (Å²) in [5.41, 5.74) is 0.361. The SMILES string of the molecule is COC(=O)C1=CC(=NS(=O)(=O)c2ccccc2)C(C)N=C1. The van der Waals surface area contributed by atoms with Gasteiger partial charge in [0.1, 0.15) is 0 Å². The molecular formula is C14H14N2O4S. The van der Waals surface area contributed by atoms with Crippen LogP contribution < -0.4 is 0 Å². The standard InChI is InChI=1S/C14H14N2O4S/c1-10-13(8-11(9-15-10)14(17)20-2)16-21(18,19)12-6-4-3-5-7-12/h3-10H,1-2H3. The third-order valence-corrected chi connectivity index (χ3v) is 4.18. The van der Waals surface area contributed by atoms with E-state index in [2.05, 4.69) is 14.1 Å². The van der Waals surface area contributed by atoms with E-state index in [1.54, 1.807) is 25.1 Å². The number of sulfonamides is 1. The quantitative estimate of drug-likeness (QED) is 0.790. The van der Waals surface area contributed by atoms with Crippen molar-refractivity contribution in [2.75, 3.05) is 7.11 Å². The molecule has 2 rings (SSSR count). The van der Waals surface area contributed by atoms with E-state index >= 15 is 0 Å². The predicted octanol–water partition coefficient (Wildman–Crippen LogP) is 1.39. The molecule has 1 unspecified atom stereocenters. The third-order valence-electron chi connectivity index (χ3n) is 2.86. The normalized spacial score (nSPS) is 20.2. The Morgan fingerprint density at radius 2 is 1.95 bits per heavy atom. The van der Waals surface area contributed by atoms with Crippen molar-refractivity contribution in [2.24, 2.45) is 9.39 Å². The zero-order chi connectivity index (χ0) is 15.5. The summed E-state index contributed by atoms with van der Waals surface area (Å²) in [6.07, 6.45) is 2.73. The predicted molar refractivity (Wildman–Crippen MR) is 79.1 cm³/mol. The van der Waals surface area contributed by atoms with E-state index < -0.39 is 22.0 Å². The summed E-state index contributed by atoms with van der Waals surface area (Å²) in [6.45, 7) is 1.69. The van der Waals surface area contributed by atoms with Crippen molar-refractivity contribution >= 4 is 27.9 Å². The second-order valence-electron chi connectivity index (χ2n) is 4.35. The number of hydrogen-bond donors (Lipinski definition) is 0. The first-order chi connectivity index (χ1) is 9.94. The molecule has 1 heterocycles. The first-order valence-electron chi connectivity index (χ1n) is 6.17. The Balaban J connectivity index is 2.42. The lowest BCUT2D eigenvalue weighted by Gasteiger charge is -2.13. The Morgan fingerprint density at radius 1 is 1.29 bits per heavy atom. The maximum absolute atomic E-state index is 12.2. The second-order valence-corrected chi connectivity index (χ2v) is 5.95. The van der Waals surface area contributed by atoms with E-state index in [-0.39, 0.29) is 16.2 Å². The van der Waals surface area contributed by atoms with Crippen LogP contribution in [-0.4, -0.2) is 39.5 Å². The first-order valence-corrected chi connectivity index (χ1v) is 7.61. The number of methoxy groups -OCH3 is 1. The molecule has 1 aliphatic heterocycles. The number of dihydropyridines is 1. The molecule has 1 atom stereocenters. The lowest BCUT2D eigenvalue weighted by Crippen LogP contribution is -2.22. The number of ether oxygens (including phenoxy) is 1. The van der Waals surface area contributed by atoms with Crippen molar-refractivity contribution in [3.05, 3.63) is 42.0 Å². The van der Waals surface area contributed by atoms with Crippen LogP contribution >= 0.6 is 0 Å². The highest BCUT2D eigenvalue weighted by atomic mass is 32.2. The summed E-state index contributed by atoms with van der Waals surface area (Å²) in [4.78, 5) is 15.6. The van der Waals surface area contributed by atoms with Gasteiger partial charge in [0.15, 0.2) is 0 Å². The van der Waals surface area contributed by atoms with Gasteiger partial charge in [-0.05, 0) is 25.1 Å². The van der Waals surface area contributed by atoms with Crippen molar-refractivity contribution in [3.63, 3.8) is 0 Å². The van der Waals surface area contributed by atoms with Crippen molar-refractivity contribution in [3.8, 4) is 0 Å². The fourth-order valence-electron chi connectivity index (χ4n) is 1.70. The smallest absolute Gasteiger partial charge is 0.339 e. The number of benzene rings is 1. The lowest BCUT2D eigenvalue weighted by atomic mass is 10.1. The molecule has 0 spiro atoms. The summed E-state index contributed by atoms with van der Waals surface area (Å²) in [7, 11) is -2.59. The van der Waals surface area contributed by atoms with E-state index in [9.17, 15) is 13.2 Å². The molecular weight excluding hydrogens is 292 g/mol. The summed E-state index contributed by atoms with van der Waals surface area (Å²) in [5, 5.41) is 0. The Hall–Kier alpha value is -2.28. The van der Waals surface area contributed by atoms with Crippen LogP contribution in [0.1, 0.15) is 6.92 Å². The average Bonchev–Trinajstić information content (AvgIpc) is 2.49. The van der Waals surface area contributed by atoms with Crippen molar-refractivity contribution in [1.29, 1.82) is 0 Å². The first kappa shape index (κ1) is 15.1. The van der Waals surface area contributed by atoms with E-state index in [0.29, 0.717) is 0 Å². The average molecular weight is 306 g/mol. The van der Waals surface area contributed by atoms with Crippen LogP contribution in [0.4, 0.5) is 0 Å². The van der Waals surface area contributed by atoms with Crippen molar-refractivity contribution in [1.82, 2.24) is 0 Å². The van der Waals surface area contributed by atoms with E-state index in [1.807, 2.05) is 0 Å². The van der Waals surface area contributed by atoms with Crippen LogP contribution in [-0.2, 0) is 19.6 Å². The highest BCUT2D eigenvalue weighted by Gasteiger charge is 2.21. The fraction of sp³-hybridized carbons (Fsp3) is 0.214. The van der Waals surface area contributed by atoms with Crippen LogP contribution in [0.2, 0.25) is 0 Å². The Morgan fingerprint density at radius 3 is 2.57 bits per heavy atom. The summed E-state index contributed by atoms with van der Waals surface area (Å²) in [6, 6.07) is 7.42. The van der Waals surface area contributed by atoms with Gasteiger partial charge >= 0.3 is 5.97 Å². The number of hydrogen-bond acceptors (Lipinski definition) is 5. The molecule has 0 saturated heterocycles. The summed E-state index contributed by atoms with van der Waals surface area (Å²) in [5.74, 6) is -0.588. The van der Waals surface area contributed by atoms with Crippen LogP contribution in [0, 0.1) is 0 Å². The molecule has 0 saturated carbocycles. The highest BCUT2D eigenvalue weighted by molar-refractivity contribution is 7.90. The number of carbonyl (C=O) groups is 1. The van der Waals surface area contributed by atoms with Crippen molar-refractivity contribution in [2.45, 2.75) is 17.9 Å².